The van der Waals surface area contributed by atoms with E-state index in [1.807, 2.05) is 20.8 Å². The SMILES string of the molecule is COC(=O)C[C@H]1[C@]2(C)C[C@@]34OC5(C)O[C@]6([C@@H]7CC(=O)OC(c8ccoc8)[C@]7(C)[C@@H](OC(C)=O)C[C@]6(O5)[C@@]13C)[C@H](OC(=O)C(C)C)[C@]4(O)[C@H]2OC(=O)C(C)C. The lowest BCUT2D eigenvalue weighted by Gasteiger charge is -2.77. The fourth-order valence-electron chi connectivity index (χ4n) is 12.9. The molecule has 0 amide bonds. The van der Waals surface area contributed by atoms with Crippen molar-refractivity contribution in [1.82, 2.24) is 0 Å². The van der Waals surface area contributed by atoms with Gasteiger partial charge in [-0.3, -0.25) is 24.0 Å². The first kappa shape index (κ1) is 37.4. The van der Waals surface area contributed by atoms with Gasteiger partial charge in [0.05, 0.1) is 43.3 Å². The van der Waals surface area contributed by atoms with Gasteiger partial charge < -0.3 is 47.4 Å². The molecule has 3 aliphatic heterocycles. The molecule has 4 aliphatic carbocycles. The highest BCUT2D eigenvalue weighted by Crippen LogP contribution is 2.90. The molecule has 4 bridgehead atoms. The summed E-state index contributed by atoms with van der Waals surface area (Å²) in [6.45, 7) is 14.9. The third-order valence-electron chi connectivity index (χ3n) is 14.7. The monoisotopic (exact) mass is 758 g/mol. The van der Waals surface area contributed by atoms with E-state index in [0.717, 1.165) is 0 Å². The molecular formula is C39H50O15. The number of esters is 5. The molecule has 1 aromatic heterocycles. The lowest BCUT2D eigenvalue weighted by molar-refractivity contribution is -0.480. The highest BCUT2D eigenvalue weighted by atomic mass is 16.9. The quantitative estimate of drug-likeness (QED) is 0.298. The van der Waals surface area contributed by atoms with Crippen LogP contribution < -0.4 is 0 Å². The zero-order chi connectivity index (χ0) is 39.4. The number of carbonyl (C=O) groups excluding carboxylic acids is 5. The molecule has 296 valence electrons. The van der Waals surface area contributed by atoms with Crippen LogP contribution in [0.5, 0.6) is 0 Å². The number of rotatable bonds is 8. The van der Waals surface area contributed by atoms with E-state index in [1.54, 1.807) is 40.7 Å². The maximum atomic E-state index is 14.1. The maximum Gasteiger partial charge on any atom is 0.308 e. The number of ether oxygens (including phenoxy) is 8. The Balaban J connectivity index is 1.50. The molecule has 1 aromatic rings. The van der Waals surface area contributed by atoms with Gasteiger partial charge in [-0.05, 0) is 18.4 Å². The molecule has 7 aliphatic rings. The van der Waals surface area contributed by atoms with Gasteiger partial charge in [-0.1, -0.05) is 48.5 Å². The van der Waals surface area contributed by atoms with E-state index in [1.165, 1.54) is 26.6 Å². The van der Waals surface area contributed by atoms with Gasteiger partial charge in [0.25, 0.3) is 5.97 Å². The van der Waals surface area contributed by atoms with Crippen LogP contribution in [0, 0.1) is 39.9 Å². The molecule has 54 heavy (non-hydrogen) atoms. The van der Waals surface area contributed by atoms with Gasteiger partial charge in [0.15, 0.2) is 11.7 Å². The number of hydrogen-bond donors (Lipinski definition) is 1. The van der Waals surface area contributed by atoms with E-state index < -0.39 is 123 Å². The number of fused-ring (bicyclic) bond motifs is 3. The minimum Gasteiger partial charge on any atom is -0.472 e. The van der Waals surface area contributed by atoms with Crippen LogP contribution in [0.1, 0.15) is 99.7 Å². The first-order valence-corrected chi connectivity index (χ1v) is 18.8. The summed E-state index contributed by atoms with van der Waals surface area (Å²) >= 11 is 0. The summed E-state index contributed by atoms with van der Waals surface area (Å²) in [6, 6.07) is 1.65. The van der Waals surface area contributed by atoms with Crippen molar-refractivity contribution in [1.29, 1.82) is 0 Å². The van der Waals surface area contributed by atoms with Crippen LogP contribution in [0.4, 0.5) is 0 Å². The molecule has 2 spiro atoms. The topological polar surface area (TPSA) is 193 Å². The van der Waals surface area contributed by atoms with Crippen molar-refractivity contribution in [3.05, 3.63) is 24.2 Å². The predicted octanol–water partition coefficient (Wildman–Crippen LogP) is 3.68. The van der Waals surface area contributed by atoms with Gasteiger partial charge in [0.2, 0.25) is 0 Å². The summed E-state index contributed by atoms with van der Waals surface area (Å²) in [4.78, 5) is 68.5. The molecule has 15 heteroatoms. The van der Waals surface area contributed by atoms with Crippen molar-refractivity contribution >= 4 is 29.8 Å². The number of hydrogen-bond acceptors (Lipinski definition) is 15. The Labute approximate surface area is 312 Å². The van der Waals surface area contributed by atoms with Crippen LogP contribution in [0.15, 0.2) is 23.0 Å². The maximum absolute atomic E-state index is 14.1. The Morgan fingerprint density at radius 3 is 2.13 bits per heavy atom. The average molecular weight is 759 g/mol. The predicted molar refractivity (Wildman–Crippen MR) is 179 cm³/mol. The summed E-state index contributed by atoms with van der Waals surface area (Å²) in [7, 11) is 1.27. The third-order valence-corrected chi connectivity index (χ3v) is 14.7. The minimum absolute atomic E-state index is 0.0282. The van der Waals surface area contributed by atoms with Gasteiger partial charge in [0.1, 0.15) is 35.1 Å². The van der Waals surface area contributed by atoms with Crippen molar-refractivity contribution in [3.63, 3.8) is 0 Å². The molecule has 4 saturated carbocycles. The zero-order valence-corrected chi connectivity index (χ0v) is 32.3. The molecule has 0 aromatic carbocycles. The molecule has 1 N–H and O–H groups in total. The second-order valence-electron chi connectivity index (χ2n) is 18.0. The van der Waals surface area contributed by atoms with Crippen molar-refractivity contribution in [2.24, 2.45) is 39.9 Å². The van der Waals surface area contributed by atoms with Crippen LogP contribution in [0.3, 0.4) is 0 Å². The lowest BCUT2D eigenvalue weighted by Crippen LogP contribution is -2.94. The highest BCUT2D eigenvalue weighted by Gasteiger charge is 3.04. The molecule has 2 unspecified atom stereocenters. The Morgan fingerprint density at radius 2 is 1.56 bits per heavy atom. The van der Waals surface area contributed by atoms with Crippen LogP contribution in [0.2, 0.25) is 0 Å². The number of cyclic esters (lactones) is 1. The van der Waals surface area contributed by atoms with Gasteiger partial charge in [-0.25, -0.2) is 0 Å². The van der Waals surface area contributed by atoms with E-state index in [9.17, 15) is 29.1 Å². The average Bonchev–Trinajstić information content (AvgIpc) is 3.78. The van der Waals surface area contributed by atoms with E-state index >= 15 is 0 Å². The van der Waals surface area contributed by atoms with Gasteiger partial charge in [-0.2, -0.15) is 0 Å². The summed E-state index contributed by atoms with van der Waals surface area (Å²) in [5.41, 5.74) is -11.3. The van der Waals surface area contributed by atoms with E-state index in [4.69, 9.17) is 42.3 Å². The summed E-state index contributed by atoms with van der Waals surface area (Å²) in [5, 5.41) is 14.0. The molecule has 7 fully saturated rings. The van der Waals surface area contributed by atoms with Crippen molar-refractivity contribution in [3.8, 4) is 0 Å². The molecule has 4 heterocycles. The van der Waals surface area contributed by atoms with Crippen molar-refractivity contribution in [2.75, 3.05) is 7.11 Å². The smallest absolute Gasteiger partial charge is 0.308 e. The highest BCUT2D eigenvalue weighted by molar-refractivity contribution is 5.76. The standard InChI is InChI=1S/C39H50O15/c1-18(2)28(43)50-30-32(6)17-37-34(8,22(32)13-25(41)46-10)36-15-24(48-20(5)40)33(7)23(14-26(42)49-27(33)21-11-12-47-16-21)39(36,54-35(9,52-36)53-37)31(38(30,37)45)51-29(44)19(3)4/h11-12,16,18-19,22-24,27,30-31,45H,13-15,17H2,1-10H3/t22-,23+,24-,27?,30-,31+,32-,33-,34+,35?,36-,37+,38+,39+/m0/s1. The molecule has 14 atom stereocenters. The molecule has 15 nitrogen and oxygen atoms in total. The van der Waals surface area contributed by atoms with Crippen LogP contribution >= 0.6 is 0 Å². The number of carbonyl (C=O) groups is 5. The largest absolute Gasteiger partial charge is 0.472 e. The van der Waals surface area contributed by atoms with E-state index in [0.29, 0.717) is 5.56 Å². The van der Waals surface area contributed by atoms with Gasteiger partial charge in [-0.15, -0.1) is 0 Å². The Morgan fingerprint density at radius 1 is 0.926 bits per heavy atom. The number of methoxy groups -OCH3 is 1. The summed E-state index contributed by atoms with van der Waals surface area (Å²) < 4.78 is 57.4. The van der Waals surface area contributed by atoms with Crippen LogP contribution in [-0.2, 0) is 61.9 Å². The van der Waals surface area contributed by atoms with E-state index in [-0.39, 0.29) is 25.7 Å². The summed E-state index contributed by atoms with van der Waals surface area (Å²) in [6.07, 6.45) is -3.00. The molecular weight excluding hydrogens is 708 g/mol. The number of aliphatic hydroxyl groups is 1. The van der Waals surface area contributed by atoms with Crippen LogP contribution in [0.25, 0.3) is 0 Å². The van der Waals surface area contributed by atoms with E-state index in [2.05, 4.69) is 0 Å². The summed E-state index contributed by atoms with van der Waals surface area (Å²) in [5.74, 6) is -8.30. The molecule has 0 radical (unpaired) electrons. The van der Waals surface area contributed by atoms with Crippen LogP contribution in [-0.4, -0.2) is 88.8 Å². The zero-order valence-electron chi connectivity index (χ0n) is 32.3. The first-order chi connectivity index (χ1) is 25.1. The van der Waals surface area contributed by atoms with Crippen molar-refractivity contribution < 1.29 is 71.4 Å². The van der Waals surface area contributed by atoms with Crippen molar-refractivity contribution in [2.45, 2.75) is 141 Å². The van der Waals surface area contributed by atoms with Gasteiger partial charge >= 0.3 is 29.8 Å². The third kappa shape index (κ3) is 3.94. The van der Waals surface area contributed by atoms with Gasteiger partial charge in [0, 0.05) is 49.0 Å². The minimum atomic E-state index is -2.34. The fraction of sp³-hybridized carbons (Fsp3) is 0.769. The normalized spacial score (nSPS) is 48.9. The lowest BCUT2D eigenvalue weighted by atomic mass is 9.33. The second-order valence-corrected chi connectivity index (χ2v) is 18.0. The second kappa shape index (κ2) is 11.1. The molecule has 8 rings (SSSR count). The molecule has 3 saturated heterocycles. The fourth-order valence-corrected chi connectivity index (χ4v) is 12.9. The Kier molecular flexibility index (Phi) is 7.67. The Bertz CT molecular complexity index is 1820. The Hall–Kier alpha value is -3.53. The number of furan rings is 1. The first-order valence-electron chi connectivity index (χ1n) is 18.8.